The quantitative estimate of drug-likeness (QED) is 0.515. The Morgan fingerprint density at radius 2 is 1.94 bits per heavy atom. The van der Waals surface area contributed by atoms with E-state index < -0.39 is 5.60 Å². The fourth-order valence-corrected chi connectivity index (χ4v) is 1.43. The third kappa shape index (κ3) is 7.98. The highest BCUT2D eigenvalue weighted by Gasteiger charge is 2.13. The predicted molar refractivity (Wildman–Crippen MR) is 74.3 cm³/mol. The van der Waals surface area contributed by atoms with Gasteiger partial charge in [-0.05, 0) is 45.3 Å². The summed E-state index contributed by atoms with van der Waals surface area (Å²) in [5.74, 6) is -0.00854. The van der Waals surface area contributed by atoms with E-state index in [1.807, 2.05) is 13.0 Å². The second-order valence-corrected chi connectivity index (χ2v) is 4.94. The van der Waals surface area contributed by atoms with Crippen molar-refractivity contribution < 1.29 is 15.0 Å². The van der Waals surface area contributed by atoms with E-state index in [2.05, 4.69) is 6.58 Å². The Hall–Kier alpha value is -1.19. The molecule has 0 aliphatic rings. The summed E-state index contributed by atoms with van der Waals surface area (Å²) < 4.78 is 0. The molecule has 3 nitrogen and oxygen atoms in total. The van der Waals surface area contributed by atoms with Crippen LogP contribution in [-0.2, 0) is 4.79 Å². The van der Waals surface area contributed by atoms with Crippen molar-refractivity contribution in [2.45, 2.75) is 45.6 Å². The minimum atomic E-state index is -0.853. The topological polar surface area (TPSA) is 57.5 Å². The fourth-order valence-electron chi connectivity index (χ4n) is 1.43. The second kappa shape index (κ2) is 8.01. The largest absolute Gasteiger partial charge is 0.392 e. The number of aliphatic hydroxyl groups is 2. The lowest BCUT2D eigenvalue weighted by atomic mass is 9.99. The van der Waals surface area contributed by atoms with Gasteiger partial charge in [0, 0.05) is 6.42 Å². The van der Waals surface area contributed by atoms with Crippen LogP contribution in [-0.4, -0.2) is 28.2 Å². The molecule has 0 rings (SSSR count). The molecular formula is C15H24O3. The Balaban J connectivity index is 4.21. The standard InChI is InChI=1S/C15H24O3/c1-5-15(4,18)8-6-7-12(2)9-14(17)10-13(3)11-16/h5,7,10,16,18H,1,6,8-9,11H2,2-4H3/b12-7+,13-10+. The molecule has 0 saturated heterocycles. The van der Waals surface area contributed by atoms with Crippen LogP contribution in [0, 0.1) is 0 Å². The number of allylic oxidation sites excluding steroid dienone is 3. The number of carbonyl (C=O) groups excluding carboxylic acids is 1. The van der Waals surface area contributed by atoms with Crippen LogP contribution in [0.4, 0.5) is 0 Å². The van der Waals surface area contributed by atoms with Crippen molar-refractivity contribution in [1.29, 1.82) is 0 Å². The number of rotatable bonds is 8. The molecule has 0 radical (unpaired) electrons. The third-order valence-electron chi connectivity index (χ3n) is 2.69. The molecular weight excluding hydrogens is 228 g/mol. The normalized spacial score (nSPS) is 16.3. The molecule has 0 heterocycles. The van der Waals surface area contributed by atoms with Gasteiger partial charge in [0.25, 0.3) is 0 Å². The van der Waals surface area contributed by atoms with Gasteiger partial charge in [0.15, 0.2) is 5.78 Å². The first-order valence-electron chi connectivity index (χ1n) is 6.13. The Bertz CT molecular complexity index is 349. The number of aliphatic hydroxyl groups excluding tert-OH is 1. The van der Waals surface area contributed by atoms with Crippen molar-refractivity contribution in [1.82, 2.24) is 0 Å². The zero-order valence-electron chi connectivity index (χ0n) is 11.6. The van der Waals surface area contributed by atoms with Crippen LogP contribution in [0.2, 0.25) is 0 Å². The summed E-state index contributed by atoms with van der Waals surface area (Å²) in [5.41, 5.74) is 0.790. The first kappa shape index (κ1) is 16.8. The SMILES string of the molecule is C=CC(C)(O)CC/C=C(\C)CC(=O)/C=C(\C)CO. The molecule has 0 aromatic carbocycles. The van der Waals surface area contributed by atoms with Crippen molar-refractivity contribution >= 4 is 5.78 Å². The molecule has 0 amide bonds. The monoisotopic (exact) mass is 252 g/mol. The van der Waals surface area contributed by atoms with Gasteiger partial charge in [-0.3, -0.25) is 4.79 Å². The van der Waals surface area contributed by atoms with Crippen LogP contribution in [0.25, 0.3) is 0 Å². The van der Waals surface area contributed by atoms with Crippen LogP contribution in [0.5, 0.6) is 0 Å². The van der Waals surface area contributed by atoms with Gasteiger partial charge in [0.1, 0.15) is 0 Å². The number of ketones is 1. The summed E-state index contributed by atoms with van der Waals surface area (Å²) in [6.45, 7) is 8.80. The molecule has 1 atom stereocenters. The van der Waals surface area contributed by atoms with Crippen molar-refractivity contribution in [3.05, 3.63) is 36.0 Å². The minimum Gasteiger partial charge on any atom is -0.392 e. The molecule has 0 spiro atoms. The van der Waals surface area contributed by atoms with Crippen LogP contribution in [0.1, 0.15) is 40.0 Å². The molecule has 0 aromatic rings. The Morgan fingerprint density at radius 1 is 1.33 bits per heavy atom. The van der Waals surface area contributed by atoms with Crippen LogP contribution < -0.4 is 0 Å². The average Bonchev–Trinajstić information content (AvgIpc) is 2.28. The summed E-state index contributed by atoms with van der Waals surface area (Å²) in [7, 11) is 0. The van der Waals surface area contributed by atoms with E-state index >= 15 is 0 Å². The number of hydrogen-bond donors (Lipinski definition) is 2. The third-order valence-corrected chi connectivity index (χ3v) is 2.69. The van der Waals surface area contributed by atoms with E-state index in [4.69, 9.17) is 5.11 Å². The maximum atomic E-state index is 11.5. The van der Waals surface area contributed by atoms with Crippen molar-refractivity contribution in [2.24, 2.45) is 0 Å². The molecule has 102 valence electrons. The number of hydrogen-bond acceptors (Lipinski definition) is 3. The molecule has 0 aliphatic carbocycles. The van der Waals surface area contributed by atoms with Gasteiger partial charge in [0.2, 0.25) is 0 Å². The number of carbonyl (C=O) groups is 1. The van der Waals surface area contributed by atoms with E-state index in [1.165, 1.54) is 12.2 Å². The molecule has 0 aromatic heterocycles. The van der Waals surface area contributed by atoms with E-state index in [1.54, 1.807) is 13.8 Å². The highest BCUT2D eigenvalue weighted by molar-refractivity contribution is 5.91. The summed E-state index contributed by atoms with van der Waals surface area (Å²) in [5, 5.41) is 18.5. The Kier molecular flexibility index (Phi) is 7.48. The van der Waals surface area contributed by atoms with E-state index in [9.17, 15) is 9.90 Å². The smallest absolute Gasteiger partial charge is 0.159 e. The lowest BCUT2D eigenvalue weighted by Crippen LogP contribution is -2.19. The molecule has 2 N–H and O–H groups in total. The lowest BCUT2D eigenvalue weighted by molar-refractivity contribution is -0.114. The molecule has 3 heteroatoms. The van der Waals surface area contributed by atoms with Crippen LogP contribution in [0.3, 0.4) is 0 Å². The van der Waals surface area contributed by atoms with E-state index in [-0.39, 0.29) is 12.4 Å². The second-order valence-electron chi connectivity index (χ2n) is 4.94. The van der Waals surface area contributed by atoms with Gasteiger partial charge in [-0.1, -0.05) is 17.7 Å². The van der Waals surface area contributed by atoms with Crippen molar-refractivity contribution in [3.8, 4) is 0 Å². The van der Waals surface area contributed by atoms with Gasteiger partial charge < -0.3 is 10.2 Å². The van der Waals surface area contributed by atoms with Crippen LogP contribution in [0.15, 0.2) is 36.0 Å². The average molecular weight is 252 g/mol. The molecule has 0 aliphatic heterocycles. The van der Waals surface area contributed by atoms with Gasteiger partial charge in [-0.25, -0.2) is 0 Å². The summed E-state index contributed by atoms with van der Waals surface area (Å²) in [6.07, 6.45) is 6.60. The maximum Gasteiger partial charge on any atom is 0.159 e. The van der Waals surface area contributed by atoms with Crippen LogP contribution >= 0.6 is 0 Å². The maximum absolute atomic E-state index is 11.5. The predicted octanol–water partition coefficient (Wildman–Crippen LogP) is 2.55. The molecule has 0 saturated carbocycles. The first-order chi connectivity index (χ1) is 8.30. The molecule has 0 fully saturated rings. The minimum absolute atomic E-state index is 0.00854. The fraction of sp³-hybridized carbons (Fsp3) is 0.533. The van der Waals surface area contributed by atoms with Gasteiger partial charge in [-0.15, -0.1) is 6.58 Å². The van der Waals surface area contributed by atoms with Gasteiger partial charge >= 0.3 is 0 Å². The molecule has 1 unspecified atom stereocenters. The van der Waals surface area contributed by atoms with Gasteiger partial charge in [0.05, 0.1) is 12.2 Å². The zero-order valence-corrected chi connectivity index (χ0v) is 11.6. The highest BCUT2D eigenvalue weighted by atomic mass is 16.3. The van der Waals surface area contributed by atoms with E-state index in [0.717, 1.165) is 5.57 Å². The van der Waals surface area contributed by atoms with E-state index in [0.29, 0.717) is 24.8 Å². The Labute approximate surface area is 110 Å². The Morgan fingerprint density at radius 3 is 2.44 bits per heavy atom. The van der Waals surface area contributed by atoms with Gasteiger partial charge in [-0.2, -0.15) is 0 Å². The summed E-state index contributed by atoms with van der Waals surface area (Å²) >= 11 is 0. The first-order valence-corrected chi connectivity index (χ1v) is 6.13. The summed E-state index contributed by atoms with van der Waals surface area (Å²) in [4.78, 5) is 11.5. The summed E-state index contributed by atoms with van der Waals surface area (Å²) in [6, 6.07) is 0. The molecule has 0 bridgehead atoms. The van der Waals surface area contributed by atoms with Crippen molar-refractivity contribution in [3.63, 3.8) is 0 Å². The molecule has 18 heavy (non-hydrogen) atoms. The zero-order chi connectivity index (χ0) is 14.2. The lowest BCUT2D eigenvalue weighted by Gasteiger charge is -2.16. The van der Waals surface area contributed by atoms with Crippen molar-refractivity contribution in [2.75, 3.05) is 6.61 Å². The highest BCUT2D eigenvalue weighted by Crippen LogP contribution is 2.15.